The number of nitrogens with one attached hydrogen (secondary N) is 2. The van der Waals surface area contributed by atoms with Crippen LogP contribution in [0.2, 0.25) is 5.02 Å². The monoisotopic (exact) mass is 352 g/mol. The Morgan fingerprint density at radius 1 is 1.21 bits per heavy atom. The molecule has 1 heterocycles. The number of amides is 2. The first-order valence-electron chi connectivity index (χ1n) is 7.33. The van der Waals surface area contributed by atoms with Crippen molar-refractivity contribution in [3.05, 3.63) is 46.1 Å². The van der Waals surface area contributed by atoms with E-state index < -0.39 is 24.0 Å². The summed E-state index contributed by atoms with van der Waals surface area (Å²) in [4.78, 5) is 35.8. The summed E-state index contributed by atoms with van der Waals surface area (Å²) in [5.74, 6) is -1.24. The Morgan fingerprint density at radius 3 is 2.58 bits per heavy atom. The van der Waals surface area contributed by atoms with E-state index >= 15 is 0 Å². The van der Waals surface area contributed by atoms with Crippen LogP contribution in [-0.4, -0.2) is 37.2 Å². The van der Waals surface area contributed by atoms with Crippen LogP contribution in [0.4, 0.5) is 4.79 Å². The summed E-state index contributed by atoms with van der Waals surface area (Å²) in [6.07, 6.45) is 0. The fraction of sp³-hybridized carbons (Fsp3) is 0.312. The molecule has 1 aromatic rings. The predicted octanol–water partition coefficient (Wildman–Crippen LogP) is 2.02. The Kier molecular flexibility index (Phi) is 5.81. The number of halogens is 1. The van der Waals surface area contributed by atoms with Crippen LogP contribution in [-0.2, 0) is 14.3 Å². The number of hydrogen-bond acceptors (Lipinski definition) is 5. The average molecular weight is 353 g/mol. The van der Waals surface area contributed by atoms with E-state index in [0.717, 1.165) is 0 Å². The molecule has 2 N–H and O–H groups in total. The summed E-state index contributed by atoms with van der Waals surface area (Å²) in [6.45, 7) is 3.22. The van der Waals surface area contributed by atoms with Gasteiger partial charge in [-0.05, 0) is 26.0 Å². The fourth-order valence-electron chi connectivity index (χ4n) is 2.24. The van der Waals surface area contributed by atoms with E-state index in [0.29, 0.717) is 0 Å². The molecule has 8 heteroatoms. The van der Waals surface area contributed by atoms with Gasteiger partial charge in [-0.15, -0.1) is 0 Å². The molecular formula is C16H17ClN2O5. The molecular weight excluding hydrogens is 336 g/mol. The van der Waals surface area contributed by atoms with E-state index in [4.69, 9.17) is 21.1 Å². The summed E-state index contributed by atoms with van der Waals surface area (Å²) < 4.78 is 10.2. The van der Waals surface area contributed by atoms with Crippen LogP contribution in [0.25, 0.3) is 0 Å². The Bertz CT molecular complexity index is 701. The number of carbonyl (C=O) groups excluding carboxylic acids is 3. The Hall–Kier alpha value is -2.54. The van der Waals surface area contributed by atoms with Gasteiger partial charge < -0.3 is 20.1 Å². The van der Waals surface area contributed by atoms with Gasteiger partial charge >= 0.3 is 18.0 Å². The molecule has 0 unspecified atom stereocenters. The minimum atomic E-state index is -0.656. The predicted molar refractivity (Wildman–Crippen MR) is 86.5 cm³/mol. The highest BCUT2D eigenvalue weighted by atomic mass is 35.5. The molecule has 1 aliphatic rings. The lowest BCUT2D eigenvalue weighted by Crippen LogP contribution is -2.50. The zero-order valence-electron chi connectivity index (χ0n) is 13.2. The maximum absolute atomic E-state index is 12.1. The van der Waals surface area contributed by atoms with Crippen LogP contribution in [0.1, 0.15) is 24.2 Å². The molecule has 0 saturated carbocycles. The Labute approximate surface area is 144 Å². The third-order valence-electron chi connectivity index (χ3n) is 3.31. The molecule has 2 rings (SSSR count). The first kappa shape index (κ1) is 17.8. The van der Waals surface area contributed by atoms with E-state index in [-0.39, 0.29) is 35.1 Å². The van der Waals surface area contributed by atoms with Crippen molar-refractivity contribution in [2.75, 3.05) is 13.2 Å². The molecule has 0 spiro atoms. The second kappa shape index (κ2) is 7.83. The fourth-order valence-corrected chi connectivity index (χ4v) is 2.45. The van der Waals surface area contributed by atoms with Crippen molar-refractivity contribution in [1.29, 1.82) is 0 Å². The average Bonchev–Trinajstić information content (AvgIpc) is 2.52. The van der Waals surface area contributed by atoms with Gasteiger partial charge in [0.05, 0.1) is 34.5 Å². The standard InChI is InChI=1S/C16H17ClN2O5/c1-3-23-15(21)13-9(2)18-16(22)19-12(13)8-24-14(20)10-6-4-5-7-11(10)17/h4-7,9H,3,8H2,1-2H3,(H2,18,19,22)/t9-/m0/s1. The minimum absolute atomic E-state index is 0.185. The molecule has 7 nitrogen and oxygen atoms in total. The van der Waals surface area contributed by atoms with Crippen molar-refractivity contribution in [1.82, 2.24) is 10.6 Å². The SMILES string of the molecule is CCOC(=O)C1=C(COC(=O)c2ccccc2Cl)NC(=O)N[C@H]1C. The molecule has 0 saturated heterocycles. The first-order chi connectivity index (χ1) is 11.4. The zero-order chi connectivity index (χ0) is 17.7. The lowest BCUT2D eigenvalue weighted by Gasteiger charge is -2.26. The molecule has 128 valence electrons. The number of urea groups is 1. The van der Waals surface area contributed by atoms with Gasteiger partial charge in [-0.3, -0.25) is 0 Å². The van der Waals surface area contributed by atoms with Gasteiger partial charge in [0, 0.05) is 0 Å². The van der Waals surface area contributed by atoms with Gasteiger partial charge in [-0.2, -0.15) is 0 Å². The largest absolute Gasteiger partial charge is 0.463 e. The summed E-state index contributed by atoms with van der Waals surface area (Å²) in [6, 6.07) is 5.38. The number of rotatable bonds is 5. The molecule has 0 fully saturated rings. The second-order valence-corrected chi connectivity index (χ2v) is 5.40. The first-order valence-corrected chi connectivity index (χ1v) is 7.71. The van der Waals surface area contributed by atoms with Crippen molar-refractivity contribution in [3.63, 3.8) is 0 Å². The molecule has 0 aliphatic carbocycles. The minimum Gasteiger partial charge on any atom is -0.463 e. The molecule has 0 aromatic heterocycles. The van der Waals surface area contributed by atoms with Crippen LogP contribution in [0, 0.1) is 0 Å². The summed E-state index contributed by atoms with van der Waals surface area (Å²) >= 11 is 5.94. The maximum atomic E-state index is 12.1. The van der Waals surface area contributed by atoms with E-state index in [1.807, 2.05) is 0 Å². The highest BCUT2D eigenvalue weighted by molar-refractivity contribution is 6.33. The van der Waals surface area contributed by atoms with E-state index in [2.05, 4.69) is 10.6 Å². The normalized spacial score (nSPS) is 17.0. The number of ether oxygens (including phenoxy) is 2. The van der Waals surface area contributed by atoms with Crippen molar-refractivity contribution in [2.45, 2.75) is 19.9 Å². The van der Waals surface area contributed by atoms with Gasteiger partial charge in [0.2, 0.25) is 0 Å². The third kappa shape index (κ3) is 4.05. The summed E-state index contributed by atoms with van der Waals surface area (Å²) in [5.41, 5.74) is 0.597. The zero-order valence-corrected chi connectivity index (χ0v) is 14.0. The summed E-state index contributed by atoms with van der Waals surface area (Å²) in [7, 11) is 0. The van der Waals surface area contributed by atoms with Crippen molar-refractivity contribution in [3.8, 4) is 0 Å². The van der Waals surface area contributed by atoms with Gasteiger partial charge in [-0.1, -0.05) is 23.7 Å². The van der Waals surface area contributed by atoms with Gasteiger partial charge in [0.15, 0.2) is 0 Å². The molecule has 2 amide bonds. The van der Waals surface area contributed by atoms with Gasteiger partial charge in [-0.25, -0.2) is 14.4 Å². The topological polar surface area (TPSA) is 93.7 Å². The van der Waals surface area contributed by atoms with Crippen LogP contribution < -0.4 is 10.6 Å². The molecule has 24 heavy (non-hydrogen) atoms. The van der Waals surface area contributed by atoms with E-state index in [1.165, 1.54) is 6.07 Å². The maximum Gasteiger partial charge on any atom is 0.340 e. The Morgan fingerprint density at radius 2 is 1.92 bits per heavy atom. The van der Waals surface area contributed by atoms with Crippen LogP contribution in [0.5, 0.6) is 0 Å². The summed E-state index contributed by atoms with van der Waals surface area (Å²) in [5, 5.41) is 5.29. The molecule has 0 bridgehead atoms. The molecule has 0 radical (unpaired) electrons. The number of benzene rings is 1. The highest BCUT2D eigenvalue weighted by Crippen LogP contribution is 2.18. The number of carbonyl (C=O) groups is 3. The molecule has 1 aliphatic heterocycles. The lowest BCUT2D eigenvalue weighted by molar-refractivity contribution is -0.139. The van der Waals surface area contributed by atoms with E-state index in [1.54, 1.807) is 32.0 Å². The van der Waals surface area contributed by atoms with Crippen molar-refractivity contribution < 1.29 is 23.9 Å². The molecule has 1 atom stereocenters. The van der Waals surface area contributed by atoms with Crippen molar-refractivity contribution >= 4 is 29.6 Å². The van der Waals surface area contributed by atoms with Crippen molar-refractivity contribution in [2.24, 2.45) is 0 Å². The molecule has 1 aromatic carbocycles. The van der Waals surface area contributed by atoms with Crippen LogP contribution in [0.15, 0.2) is 35.5 Å². The third-order valence-corrected chi connectivity index (χ3v) is 3.64. The quantitative estimate of drug-likeness (QED) is 0.791. The van der Waals surface area contributed by atoms with E-state index in [9.17, 15) is 14.4 Å². The Balaban J connectivity index is 2.19. The van der Waals surface area contributed by atoms with Crippen LogP contribution in [0.3, 0.4) is 0 Å². The van der Waals surface area contributed by atoms with Crippen LogP contribution >= 0.6 is 11.6 Å². The number of esters is 2. The van der Waals surface area contributed by atoms with Gasteiger partial charge in [0.1, 0.15) is 6.61 Å². The highest BCUT2D eigenvalue weighted by Gasteiger charge is 2.30. The smallest absolute Gasteiger partial charge is 0.340 e. The number of hydrogen-bond donors (Lipinski definition) is 2. The second-order valence-electron chi connectivity index (χ2n) is 4.99. The lowest BCUT2D eigenvalue weighted by atomic mass is 10.0. The van der Waals surface area contributed by atoms with Gasteiger partial charge in [0.25, 0.3) is 0 Å².